The van der Waals surface area contributed by atoms with Crippen molar-refractivity contribution in [2.75, 3.05) is 4.90 Å². The fraction of sp³-hybridized carbons (Fsp3) is 0.316. The van der Waals surface area contributed by atoms with Crippen molar-refractivity contribution in [2.24, 2.45) is 5.92 Å². The zero-order valence-corrected chi connectivity index (χ0v) is 13.6. The van der Waals surface area contributed by atoms with Gasteiger partial charge in [-0.1, -0.05) is 18.2 Å². The second-order valence-corrected chi connectivity index (χ2v) is 7.04. The van der Waals surface area contributed by atoms with E-state index in [4.69, 9.17) is 0 Å². The molecule has 1 aliphatic carbocycles. The van der Waals surface area contributed by atoms with E-state index in [1.165, 1.54) is 0 Å². The van der Waals surface area contributed by atoms with Crippen LogP contribution in [0.1, 0.15) is 25.0 Å². The lowest BCUT2D eigenvalue weighted by Crippen LogP contribution is -2.74. The van der Waals surface area contributed by atoms with Gasteiger partial charge in [-0.3, -0.25) is 24.6 Å². The van der Waals surface area contributed by atoms with Crippen LogP contribution in [0, 0.1) is 5.92 Å². The molecule has 3 amide bonds. The summed E-state index contributed by atoms with van der Waals surface area (Å²) in [5, 5.41) is 2.43. The first-order chi connectivity index (χ1) is 12.1. The van der Waals surface area contributed by atoms with Crippen LogP contribution >= 0.6 is 0 Å². The second kappa shape index (κ2) is 4.81. The summed E-state index contributed by atoms with van der Waals surface area (Å²) >= 11 is 0. The average molecular weight is 335 g/mol. The molecule has 4 heterocycles. The van der Waals surface area contributed by atoms with Crippen molar-refractivity contribution in [3.05, 3.63) is 48.3 Å². The van der Waals surface area contributed by atoms with Crippen molar-refractivity contribution in [3.63, 3.8) is 0 Å². The smallest absolute Gasteiger partial charge is 0.252 e. The van der Waals surface area contributed by atoms with Gasteiger partial charge in [0.05, 0.1) is 5.69 Å². The third-order valence-electron chi connectivity index (χ3n) is 5.69. The maximum atomic E-state index is 12.7. The molecule has 0 unspecified atom stereocenters. The Bertz CT molecular complexity index is 909. The number of nitrogens with one attached hydrogen (secondary N) is 1. The van der Waals surface area contributed by atoms with Gasteiger partial charge in [-0.2, -0.15) is 0 Å². The quantitative estimate of drug-likeness (QED) is 0.847. The lowest BCUT2D eigenvalue weighted by Gasteiger charge is -2.55. The third kappa shape index (κ3) is 1.82. The fourth-order valence-corrected chi connectivity index (χ4v) is 4.42. The molecule has 1 aromatic heterocycles. The predicted octanol–water partition coefficient (Wildman–Crippen LogP) is 1.56. The maximum absolute atomic E-state index is 12.7. The van der Waals surface area contributed by atoms with E-state index in [0.29, 0.717) is 25.7 Å². The topological polar surface area (TPSA) is 71.4 Å². The summed E-state index contributed by atoms with van der Waals surface area (Å²) in [5.41, 5.74) is 1.97. The number of hydrogen-bond acceptors (Lipinski definition) is 3. The number of rotatable bonds is 2. The van der Waals surface area contributed by atoms with Crippen LogP contribution in [0.25, 0.3) is 5.69 Å². The molecule has 3 fully saturated rings. The Kier molecular flexibility index (Phi) is 2.78. The highest BCUT2D eigenvalue weighted by molar-refractivity contribution is 6.14. The molecule has 0 atom stereocenters. The van der Waals surface area contributed by atoms with Gasteiger partial charge < -0.3 is 4.57 Å². The number of aromatic nitrogens is 1. The van der Waals surface area contributed by atoms with Crippen LogP contribution in [0.5, 0.6) is 0 Å². The van der Waals surface area contributed by atoms with Crippen LogP contribution in [0.3, 0.4) is 0 Å². The molecule has 0 spiro atoms. The van der Waals surface area contributed by atoms with Crippen LogP contribution in [-0.4, -0.2) is 27.8 Å². The summed E-state index contributed by atoms with van der Waals surface area (Å²) < 4.78 is 2.08. The number of nitrogens with zero attached hydrogens (tertiary/aromatic N) is 2. The molecular weight excluding hydrogens is 318 g/mol. The molecule has 4 aliphatic rings. The highest BCUT2D eigenvalue weighted by atomic mass is 16.2. The number of benzene rings is 1. The molecule has 6 heteroatoms. The molecule has 2 bridgehead atoms. The minimum absolute atomic E-state index is 0.0405. The van der Waals surface area contributed by atoms with Gasteiger partial charge in [0.1, 0.15) is 5.54 Å². The van der Waals surface area contributed by atoms with Crippen molar-refractivity contribution in [1.29, 1.82) is 0 Å². The second-order valence-electron chi connectivity index (χ2n) is 7.04. The first kappa shape index (κ1) is 14.5. The van der Waals surface area contributed by atoms with Crippen molar-refractivity contribution >= 4 is 23.4 Å². The van der Waals surface area contributed by atoms with Gasteiger partial charge in [0, 0.05) is 29.9 Å². The zero-order valence-electron chi connectivity index (χ0n) is 13.6. The summed E-state index contributed by atoms with van der Waals surface area (Å²) in [6.45, 7) is 0. The van der Waals surface area contributed by atoms with Crippen LogP contribution in [-0.2, 0) is 20.8 Å². The Hall–Kier alpha value is -2.89. The number of carbonyl (C=O) groups excluding carboxylic acids is 3. The maximum Gasteiger partial charge on any atom is 0.252 e. The van der Waals surface area contributed by atoms with Gasteiger partial charge in [0.2, 0.25) is 11.8 Å². The predicted molar refractivity (Wildman–Crippen MR) is 90.2 cm³/mol. The van der Waals surface area contributed by atoms with Gasteiger partial charge in [0.25, 0.3) is 5.91 Å². The molecule has 2 aromatic rings. The van der Waals surface area contributed by atoms with E-state index >= 15 is 0 Å². The SMILES string of the molecule is O=C1NC(=O)C2(N3C(=O)CCc4c3ccn4-c3ccccc3)CC1C2. The molecule has 126 valence electrons. The Labute approximate surface area is 144 Å². The molecule has 0 radical (unpaired) electrons. The standard InChI is InChI=1S/C19H17N3O3/c23-16-7-6-14-15(8-9-21(14)13-4-2-1-3-5-13)22(16)19-10-12(11-19)17(24)20-18(19)25/h1-5,8-9,12H,6-7,10-11H2,(H,20,24,25). The molecule has 3 aliphatic heterocycles. The summed E-state index contributed by atoms with van der Waals surface area (Å²) in [5.74, 6) is -0.750. The highest BCUT2D eigenvalue weighted by Crippen LogP contribution is 2.50. The summed E-state index contributed by atoms with van der Waals surface area (Å²) in [6, 6.07) is 11.9. The zero-order chi connectivity index (χ0) is 17.2. The molecule has 1 aromatic carbocycles. The van der Waals surface area contributed by atoms with Crippen molar-refractivity contribution in [2.45, 2.75) is 31.2 Å². The van der Waals surface area contributed by atoms with E-state index in [1.54, 1.807) is 4.90 Å². The van der Waals surface area contributed by atoms with Gasteiger partial charge >= 0.3 is 0 Å². The highest BCUT2D eigenvalue weighted by Gasteiger charge is 2.63. The average Bonchev–Trinajstić information content (AvgIpc) is 2.99. The number of anilines is 1. The number of hydrogen-bond donors (Lipinski definition) is 1. The van der Waals surface area contributed by atoms with Crippen molar-refractivity contribution < 1.29 is 14.4 Å². The molecular formula is C19H17N3O3. The Morgan fingerprint density at radius 3 is 2.48 bits per heavy atom. The Morgan fingerprint density at radius 1 is 1.00 bits per heavy atom. The molecule has 6 nitrogen and oxygen atoms in total. The third-order valence-corrected chi connectivity index (χ3v) is 5.69. The normalized spacial score (nSPS) is 27.6. The van der Waals surface area contributed by atoms with E-state index in [1.807, 2.05) is 42.6 Å². The lowest BCUT2D eigenvalue weighted by molar-refractivity contribution is -0.152. The number of piperidine rings is 2. The van der Waals surface area contributed by atoms with Gasteiger partial charge in [-0.15, -0.1) is 0 Å². The van der Waals surface area contributed by atoms with Crippen LogP contribution < -0.4 is 10.2 Å². The molecule has 2 saturated heterocycles. The van der Waals surface area contributed by atoms with Gasteiger partial charge in [-0.05, 0) is 37.5 Å². The van der Waals surface area contributed by atoms with E-state index in [0.717, 1.165) is 17.1 Å². The van der Waals surface area contributed by atoms with Crippen LogP contribution in [0.2, 0.25) is 0 Å². The van der Waals surface area contributed by atoms with Gasteiger partial charge in [0.15, 0.2) is 0 Å². The minimum atomic E-state index is -0.895. The Morgan fingerprint density at radius 2 is 1.76 bits per heavy atom. The molecule has 25 heavy (non-hydrogen) atoms. The number of imide groups is 1. The Balaban J connectivity index is 1.60. The fourth-order valence-electron chi connectivity index (χ4n) is 4.42. The number of para-hydroxylation sites is 1. The first-order valence-electron chi connectivity index (χ1n) is 8.54. The van der Waals surface area contributed by atoms with E-state index in [9.17, 15) is 14.4 Å². The number of carbonyl (C=O) groups is 3. The van der Waals surface area contributed by atoms with E-state index < -0.39 is 5.54 Å². The summed E-state index contributed by atoms with van der Waals surface area (Å²) in [6.07, 6.45) is 3.83. The molecule has 1 saturated carbocycles. The van der Waals surface area contributed by atoms with Crippen LogP contribution in [0.4, 0.5) is 5.69 Å². The van der Waals surface area contributed by atoms with E-state index in [-0.39, 0.29) is 23.6 Å². The summed E-state index contributed by atoms with van der Waals surface area (Å²) in [7, 11) is 0. The van der Waals surface area contributed by atoms with Crippen molar-refractivity contribution in [1.82, 2.24) is 9.88 Å². The minimum Gasteiger partial charge on any atom is -0.319 e. The van der Waals surface area contributed by atoms with Gasteiger partial charge in [-0.25, -0.2) is 0 Å². The lowest BCUT2D eigenvalue weighted by atomic mass is 9.63. The largest absolute Gasteiger partial charge is 0.319 e. The number of amides is 3. The van der Waals surface area contributed by atoms with Crippen LogP contribution in [0.15, 0.2) is 42.6 Å². The first-order valence-corrected chi connectivity index (χ1v) is 8.54. The molecule has 1 N–H and O–H groups in total. The molecule has 6 rings (SSSR count). The van der Waals surface area contributed by atoms with Crippen molar-refractivity contribution in [3.8, 4) is 5.69 Å². The summed E-state index contributed by atoms with van der Waals surface area (Å²) in [4.78, 5) is 38.7. The van der Waals surface area contributed by atoms with E-state index in [2.05, 4.69) is 9.88 Å². The number of fused-ring (bicyclic) bond motifs is 3. The monoisotopic (exact) mass is 335 g/mol.